The Labute approximate surface area is 84.4 Å². The van der Waals surface area contributed by atoms with Crippen LogP contribution in [0.2, 0.25) is 0 Å². The van der Waals surface area contributed by atoms with Crippen molar-refractivity contribution in [2.45, 2.75) is 54.4 Å². The molecule has 0 aromatic carbocycles. The maximum absolute atomic E-state index is 2.41. The quantitative estimate of drug-likeness (QED) is 0.542. The Hall–Kier alpha value is -0.260. The zero-order valence-corrected chi connectivity index (χ0v) is 10.2. The van der Waals surface area contributed by atoms with Crippen molar-refractivity contribution in [2.75, 3.05) is 0 Å². The highest BCUT2D eigenvalue weighted by atomic mass is 14.3. The molecule has 0 aliphatic heterocycles. The number of hydrogen-bond acceptors (Lipinski definition) is 0. The van der Waals surface area contributed by atoms with Gasteiger partial charge in [0.05, 0.1) is 0 Å². The average Bonchev–Trinajstić information content (AvgIpc) is 2.04. The van der Waals surface area contributed by atoms with Gasteiger partial charge >= 0.3 is 0 Å². The molecule has 0 unspecified atom stereocenters. The number of hydrogen-bond donors (Lipinski definition) is 0. The Morgan fingerprint density at radius 2 is 1.69 bits per heavy atom. The molecule has 78 valence electrons. The van der Waals surface area contributed by atoms with Gasteiger partial charge in [0.25, 0.3) is 0 Å². The SMILES string of the molecule is CC/C=C/[C@@H](C(C)C)C(C)(C)CC. The van der Waals surface area contributed by atoms with E-state index in [4.69, 9.17) is 0 Å². The van der Waals surface area contributed by atoms with Gasteiger partial charge in [-0.05, 0) is 23.7 Å². The molecule has 0 spiro atoms. The predicted octanol–water partition coefficient (Wildman–Crippen LogP) is 4.66. The first-order chi connectivity index (χ1) is 5.95. The van der Waals surface area contributed by atoms with Gasteiger partial charge in [-0.2, -0.15) is 0 Å². The average molecular weight is 182 g/mol. The van der Waals surface area contributed by atoms with E-state index < -0.39 is 0 Å². The van der Waals surface area contributed by atoms with E-state index in [1.807, 2.05) is 0 Å². The Balaban J connectivity index is 4.50. The number of allylic oxidation sites excluding steroid dienone is 2. The lowest BCUT2D eigenvalue weighted by Gasteiger charge is -2.34. The van der Waals surface area contributed by atoms with Crippen molar-refractivity contribution in [3.8, 4) is 0 Å². The summed E-state index contributed by atoms with van der Waals surface area (Å²) in [6, 6.07) is 0. The summed E-state index contributed by atoms with van der Waals surface area (Å²) in [6.45, 7) is 13.9. The van der Waals surface area contributed by atoms with E-state index >= 15 is 0 Å². The molecule has 0 saturated carbocycles. The van der Waals surface area contributed by atoms with E-state index in [-0.39, 0.29) is 0 Å². The van der Waals surface area contributed by atoms with E-state index in [0.717, 1.165) is 18.3 Å². The Morgan fingerprint density at radius 1 is 1.15 bits per heavy atom. The highest BCUT2D eigenvalue weighted by Crippen LogP contribution is 2.36. The molecule has 0 aliphatic rings. The summed E-state index contributed by atoms with van der Waals surface area (Å²) < 4.78 is 0. The fourth-order valence-corrected chi connectivity index (χ4v) is 1.90. The van der Waals surface area contributed by atoms with Gasteiger partial charge in [-0.1, -0.05) is 60.1 Å². The fourth-order valence-electron chi connectivity index (χ4n) is 1.90. The molecular formula is C13H26. The van der Waals surface area contributed by atoms with Crippen molar-refractivity contribution in [3.63, 3.8) is 0 Å². The van der Waals surface area contributed by atoms with E-state index in [2.05, 4.69) is 53.7 Å². The van der Waals surface area contributed by atoms with Crippen LogP contribution in [0.25, 0.3) is 0 Å². The number of rotatable bonds is 5. The van der Waals surface area contributed by atoms with Gasteiger partial charge in [-0.15, -0.1) is 0 Å². The second-order valence-corrected chi connectivity index (χ2v) is 4.95. The third-order valence-electron chi connectivity index (χ3n) is 3.11. The maximum Gasteiger partial charge on any atom is -0.0159 e. The van der Waals surface area contributed by atoms with Gasteiger partial charge in [-0.25, -0.2) is 0 Å². The lowest BCUT2D eigenvalue weighted by Crippen LogP contribution is -2.25. The molecule has 0 fully saturated rings. The summed E-state index contributed by atoms with van der Waals surface area (Å²) in [5, 5.41) is 0. The van der Waals surface area contributed by atoms with Crippen LogP contribution >= 0.6 is 0 Å². The third kappa shape index (κ3) is 3.97. The second-order valence-electron chi connectivity index (χ2n) is 4.95. The van der Waals surface area contributed by atoms with Crippen molar-refractivity contribution in [1.29, 1.82) is 0 Å². The minimum atomic E-state index is 0.444. The van der Waals surface area contributed by atoms with Crippen LogP contribution in [-0.2, 0) is 0 Å². The largest absolute Gasteiger partial charge is 0.0885 e. The normalized spacial score (nSPS) is 15.6. The Bertz CT molecular complexity index is 151. The lowest BCUT2D eigenvalue weighted by atomic mass is 9.71. The lowest BCUT2D eigenvalue weighted by molar-refractivity contribution is 0.196. The molecule has 0 aliphatic carbocycles. The van der Waals surface area contributed by atoms with Crippen molar-refractivity contribution >= 4 is 0 Å². The van der Waals surface area contributed by atoms with Crippen LogP contribution in [0.1, 0.15) is 54.4 Å². The standard InChI is InChI=1S/C13H26/c1-7-9-10-12(11(3)4)13(5,6)8-2/h9-12H,7-8H2,1-6H3/b10-9+/t12-/m0/s1. The Kier molecular flexibility index (Phi) is 5.36. The first-order valence-electron chi connectivity index (χ1n) is 5.62. The van der Waals surface area contributed by atoms with Crippen LogP contribution in [0.4, 0.5) is 0 Å². The van der Waals surface area contributed by atoms with E-state index in [1.54, 1.807) is 0 Å². The van der Waals surface area contributed by atoms with Crippen molar-refractivity contribution < 1.29 is 0 Å². The maximum atomic E-state index is 2.41. The highest BCUT2D eigenvalue weighted by molar-refractivity contribution is 4.96. The molecule has 0 amide bonds. The molecule has 0 heterocycles. The Morgan fingerprint density at radius 3 is 2.00 bits per heavy atom. The molecule has 0 bridgehead atoms. The highest BCUT2D eigenvalue weighted by Gasteiger charge is 2.27. The van der Waals surface area contributed by atoms with E-state index in [1.165, 1.54) is 6.42 Å². The van der Waals surface area contributed by atoms with E-state index in [0.29, 0.717) is 5.41 Å². The van der Waals surface area contributed by atoms with Crippen LogP contribution < -0.4 is 0 Å². The molecule has 0 rings (SSSR count). The van der Waals surface area contributed by atoms with Crippen molar-refractivity contribution in [1.82, 2.24) is 0 Å². The van der Waals surface area contributed by atoms with Gasteiger partial charge in [0.2, 0.25) is 0 Å². The molecule has 13 heavy (non-hydrogen) atoms. The zero-order valence-electron chi connectivity index (χ0n) is 10.2. The summed E-state index contributed by atoms with van der Waals surface area (Å²) in [5.41, 5.74) is 0.444. The van der Waals surface area contributed by atoms with Gasteiger partial charge in [0, 0.05) is 0 Å². The molecule has 0 radical (unpaired) electrons. The van der Waals surface area contributed by atoms with Crippen LogP contribution in [0, 0.1) is 17.3 Å². The molecule has 1 atom stereocenters. The minimum Gasteiger partial charge on any atom is -0.0885 e. The summed E-state index contributed by atoms with van der Waals surface area (Å²) in [6.07, 6.45) is 7.13. The zero-order chi connectivity index (χ0) is 10.5. The van der Waals surface area contributed by atoms with Gasteiger partial charge in [0.15, 0.2) is 0 Å². The molecule has 0 N–H and O–H groups in total. The van der Waals surface area contributed by atoms with Crippen molar-refractivity contribution in [3.05, 3.63) is 12.2 Å². The summed E-state index contributed by atoms with van der Waals surface area (Å²) in [4.78, 5) is 0. The molecule has 0 aromatic rings. The molecule has 0 heteroatoms. The fraction of sp³-hybridized carbons (Fsp3) is 0.846. The van der Waals surface area contributed by atoms with Gasteiger partial charge in [0.1, 0.15) is 0 Å². The smallest absolute Gasteiger partial charge is 0.0159 e. The van der Waals surface area contributed by atoms with Crippen LogP contribution in [-0.4, -0.2) is 0 Å². The summed E-state index contributed by atoms with van der Waals surface area (Å²) >= 11 is 0. The third-order valence-corrected chi connectivity index (χ3v) is 3.11. The summed E-state index contributed by atoms with van der Waals surface area (Å²) in [7, 11) is 0. The van der Waals surface area contributed by atoms with E-state index in [9.17, 15) is 0 Å². The molecule has 0 saturated heterocycles. The topological polar surface area (TPSA) is 0 Å². The monoisotopic (exact) mass is 182 g/mol. The molecular weight excluding hydrogens is 156 g/mol. The van der Waals surface area contributed by atoms with Gasteiger partial charge < -0.3 is 0 Å². The predicted molar refractivity (Wildman–Crippen MR) is 61.8 cm³/mol. The first kappa shape index (κ1) is 12.7. The van der Waals surface area contributed by atoms with Crippen molar-refractivity contribution in [2.24, 2.45) is 17.3 Å². The summed E-state index contributed by atoms with van der Waals surface area (Å²) in [5.74, 6) is 1.47. The molecule has 0 aromatic heterocycles. The molecule has 0 nitrogen and oxygen atoms in total. The van der Waals surface area contributed by atoms with Crippen LogP contribution in [0.3, 0.4) is 0 Å². The van der Waals surface area contributed by atoms with Crippen LogP contribution in [0.15, 0.2) is 12.2 Å². The minimum absolute atomic E-state index is 0.444. The second kappa shape index (κ2) is 5.47. The van der Waals surface area contributed by atoms with Crippen LogP contribution in [0.5, 0.6) is 0 Å². The van der Waals surface area contributed by atoms with Gasteiger partial charge in [-0.3, -0.25) is 0 Å². The first-order valence-corrected chi connectivity index (χ1v) is 5.62.